The first-order valence-corrected chi connectivity index (χ1v) is 4.54. The maximum atomic E-state index is 11.3. The van der Waals surface area contributed by atoms with Crippen molar-refractivity contribution in [3.05, 3.63) is 22.4 Å². The van der Waals surface area contributed by atoms with E-state index in [2.05, 4.69) is 0 Å². The number of thiophene rings is 1. The van der Waals surface area contributed by atoms with Crippen LogP contribution in [0.15, 0.2) is 17.5 Å². The molecule has 0 radical (unpaired) electrons. The molecular formula is C8H9NO3S. The predicted octanol–water partition coefficient (Wildman–Crippen LogP) is 0.733. The third-order valence-corrected chi connectivity index (χ3v) is 2.43. The van der Waals surface area contributed by atoms with Crippen LogP contribution in [-0.2, 0) is 4.79 Å². The minimum atomic E-state index is -1.15. The highest BCUT2D eigenvalue weighted by molar-refractivity contribution is 7.12. The number of Topliss-reactive ketones (excluding diaryl/α,β-unsaturated/α-hetero) is 1. The van der Waals surface area contributed by atoms with Crippen molar-refractivity contribution in [2.75, 3.05) is 0 Å². The first-order valence-electron chi connectivity index (χ1n) is 3.66. The number of carbonyl (C=O) groups is 2. The topological polar surface area (TPSA) is 80.4 Å². The summed E-state index contributed by atoms with van der Waals surface area (Å²) >= 11 is 1.29. The second kappa shape index (κ2) is 4.15. The molecule has 0 saturated heterocycles. The van der Waals surface area contributed by atoms with Crippen LogP contribution in [-0.4, -0.2) is 22.9 Å². The van der Waals surface area contributed by atoms with Crippen LogP contribution in [0.25, 0.3) is 0 Å². The fourth-order valence-electron chi connectivity index (χ4n) is 0.825. The summed E-state index contributed by atoms with van der Waals surface area (Å²) in [6.45, 7) is 0. The molecule has 3 N–H and O–H groups in total. The quantitative estimate of drug-likeness (QED) is 0.700. The number of carboxylic acids is 1. The zero-order valence-electron chi connectivity index (χ0n) is 6.77. The first-order chi connectivity index (χ1) is 6.11. The van der Waals surface area contributed by atoms with Crippen LogP contribution >= 0.6 is 11.3 Å². The number of hydrogen-bond acceptors (Lipinski definition) is 4. The third kappa shape index (κ3) is 2.64. The lowest BCUT2D eigenvalue weighted by atomic mass is 10.1. The van der Waals surface area contributed by atoms with E-state index in [-0.39, 0.29) is 12.2 Å². The molecule has 0 aliphatic rings. The summed E-state index contributed by atoms with van der Waals surface area (Å²) in [5.74, 6) is -1.37. The van der Waals surface area contributed by atoms with Crippen molar-refractivity contribution < 1.29 is 14.7 Å². The maximum absolute atomic E-state index is 11.3. The molecule has 0 saturated carbocycles. The molecule has 0 bridgehead atoms. The van der Waals surface area contributed by atoms with E-state index in [1.54, 1.807) is 17.5 Å². The van der Waals surface area contributed by atoms with E-state index in [4.69, 9.17) is 10.8 Å². The van der Waals surface area contributed by atoms with Gasteiger partial charge in [0.1, 0.15) is 6.04 Å². The molecular weight excluding hydrogens is 190 g/mol. The van der Waals surface area contributed by atoms with Gasteiger partial charge in [0, 0.05) is 6.42 Å². The van der Waals surface area contributed by atoms with E-state index in [0.717, 1.165) is 0 Å². The smallest absolute Gasteiger partial charge is 0.320 e. The summed E-state index contributed by atoms with van der Waals surface area (Å²) in [7, 11) is 0. The summed E-state index contributed by atoms with van der Waals surface area (Å²) in [4.78, 5) is 22.2. The van der Waals surface area contributed by atoms with Crippen molar-refractivity contribution in [3.8, 4) is 0 Å². The SMILES string of the molecule is N[C@H](CC(=O)c1cccs1)C(=O)O. The monoisotopic (exact) mass is 199 g/mol. The van der Waals surface area contributed by atoms with Crippen LogP contribution in [0.4, 0.5) is 0 Å². The van der Waals surface area contributed by atoms with Gasteiger partial charge in [-0.15, -0.1) is 11.3 Å². The Morgan fingerprint density at radius 2 is 2.31 bits per heavy atom. The predicted molar refractivity (Wildman–Crippen MR) is 48.9 cm³/mol. The number of hydrogen-bond donors (Lipinski definition) is 2. The van der Waals surface area contributed by atoms with E-state index in [0.29, 0.717) is 4.88 Å². The number of ketones is 1. The van der Waals surface area contributed by atoms with Crippen molar-refractivity contribution in [2.24, 2.45) is 5.73 Å². The number of aliphatic carboxylic acids is 1. The summed E-state index contributed by atoms with van der Waals surface area (Å²) in [5.41, 5.74) is 5.21. The highest BCUT2D eigenvalue weighted by Crippen LogP contribution is 2.11. The average molecular weight is 199 g/mol. The van der Waals surface area contributed by atoms with Crippen LogP contribution in [0.1, 0.15) is 16.1 Å². The van der Waals surface area contributed by atoms with Gasteiger partial charge < -0.3 is 10.8 Å². The lowest BCUT2D eigenvalue weighted by molar-refractivity contribution is -0.138. The molecule has 0 unspecified atom stereocenters. The van der Waals surface area contributed by atoms with E-state index in [1.807, 2.05) is 0 Å². The van der Waals surface area contributed by atoms with E-state index in [9.17, 15) is 9.59 Å². The minimum Gasteiger partial charge on any atom is -0.480 e. The zero-order valence-corrected chi connectivity index (χ0v) is 7.58. The molecule has 0 aliphatic carbocycles. The fourth-order valence-corrected chi connectivity index (χ4v) is 1.50. The standard InChI is InChI=1S/C8H9NO3S/c9-5(8(11)12)4-6(10)7-2-1-3-13-7/h1-3,5H,4,9H2,(H,11,12)/t5-/m1/s1. The van der Waals surface area contributed by atoms with Gasteiger partial charge in [-0.1, -0.05) is 6.07 Å². The van der Waals surface area contributed by atoms with Crippen LogP contribution in [0.2, 0.25) is 0 Å². The molecule has 4 nitrogen and oxygen atoms in total. The summed E-state index contributed by atoms with van der Waals surface area (Å²) in [6.07, 6.45) is -0.143. The Kier molecular flexibility index (Phi) is 3.16. The number of carboxylic acid groups (broad SMARTS) is 1. The van der Waals surface area contributed by atoms with Crippen molar-refractivity contribution in [1.29, 1.82) is 0 Å². The van der Waals surface area contributed by atoms with E-state index < -0.39 is 12.0 Å². The van der Waals surface area contributed by atoms with Crippen LogP contribution in [0.3, 0.4) is 0 Å². The van der Waals surface area contributed by atoms with Gasteiger partial charge in [0.15, 0.2) is 5.78 Å². The maximum Gasteiger partial charge on any atom is 0.320 e. The second-order valence-corrected chi connectivity index (χ2v) is 3.50. The highest BCUT2D eigenvalue weighted by Gasteiger charge is 2.17. The van der Waals surface area contributed by atoms with Crippen LogP contribution in [0, 0.1) is 0 Å². The van der Waals surface area contributed by atoms with Gasteiger partial charge >= 0.3 is 5.97 Å². The Morgan fingerprint density at radius 3 is 2.77 bits per heavy atom. The van der Waals surface area contributed by atoms with Gasteiger partial charge in [-0.05, 0) is 11.4 Å². The molecule has 0 fully saturated rings. The molecule has 1 atom stereocenters. The molecule has 5 heteroatoms. The van der Waals surface area contributed by atoms with Crippen molar-refractivity contribution >= 4 is 23.1 Å². The van der Waals surface area contributed by atoms with Crippen LogP contribution in [0.5, 0.6) is 0 Å². The Bertz CT molecular complexity index is 307. The van der Waals surface area contributed by atoms with E-state index in [1.165, 1.54) is 11.3 Å². The molecule has 1 aromatic rings. The van der Waals surface area contributed by atoms with Gasteiger partial charge in [0.2, 0.25) is 0 Å². The molecule has 1 heterocycles. The number of nitrogens with two attached hydrogens (primary N) is 1. The Morgan fingerprint density at radius 1 is 1.62 bits per heavy atom. The molecule has 13 heavy (non-hydrogen) atoms. The molecule has 0 aliphatic heterocycles. The Labute approximate surface area is 79.0 Å². The van der Waals surface area contributed by atoms with Crippen molar-refractivity contribution in [2.45, 2.75) is 12.5 Å². The zero-order chi connectivity index (χ0) is 9.84. The largest absolute Gasteiger partial charge is 0.480 e. The van der Waals surface area contributed by atoms with Gasteiger partial charge in [-0.3, -0.25) is 9.59 Å². The molecule has 70 valence electrons. The Balaban J connectivity index is 2.56. The lowest BCUT2D eigenvalue weighted by Gasteiger charge is -2.02. The number of rotatable bonds is 4. The van der Waals surface area contributed by atoms with Gasteiger partial charge in [-0.2, -0.15) is 0 Å². The summed E-state index contributed by atoms with van der Waals surface area (Å²) in [6, 6.07) is 2.29. The second-order valence-electron chi connectivity index (χ2n) is 2.55. The molecule has 0 amide bonds. The van der Waals surface area contributed by atoms with Gasteiger partial charge in [0.25, 0.3) is 0 Å². The van der Waals surface area contributed by atoms with Crippen molar-refractivity contribution in [3.63, 3.8) is 0 Å². The summed E-state index contributed by atoms with van der Waals surface area (Å²) in [5, 5.41) is 10.2. The lowest BCUT2D eigenvalue weighted by Crippen LogP contribution is -2.32. The third-order valence-electron chi connectivity index (χ3n) is 1.52. The highest BCUT2D eigenvalue weighted by atomic mass is 32.1. The van der Waals surface area contributed by atoms with E-state index >= 15 is 0 Å². The molecule has 1 rings (SSSR count). The molecule has 0 aromatic carbocycles. The molecule has 0 spiro atoms. The fraction of sp³-hybridized carbons (Fsp3) is 0.250. The van der Waals surface area contributed by atoms with Gasteiger partial charge in [0.05, 0.1) is 4.88 Å². The first kappa shape index (κ1) is 9.88. The van der Waals surface area contributed by atoms with Crippen LogP contribution < -0.4 is 5.73 Å². The van der Waals surface area contributed by atoms with Crippen molar-refractivity contribution in [1.82, 2.24) is 0 Å². The average Bonchev–Trinajstić information content (AvgIpc) is 2.55. The normalized spacial score (nSPS) is 12.4. The van der Waals surface area contributed by atoms with Gasteiger partial charge in [-0.25, -0.2) is 0 Å². The Hall–Kier alpha value is -1.20. The molecule has 1 aromatic heterocycles. The minimum absolute atomic E-state index is 0.143. The summed E-state index contributed by atoms with van der Waals surface area (Å²) < 4.78 is 0. The number of carbonyl (C=O) groups excluding carboxylic acids is 1.